The van der Waals surface area contributed by atoms with Crippen LogP contribution in [-0.2, 0) is 4.74 Å². The number of benzene rings is 2. The van der Waals surface area contributed by atoms with Gasteiger partial charge in [0.2, 0.25) is 0 Å². The van der Waals surface area contributed by atoms with Gasteiger partial charge in [0.1, 0.15) is 17.3 Å². The molecule has 0 aliphatic heterocycles. The Hall–Kier alpha value is -3.21. The average molecular weight is 337 g/mol. The molecule has 0 bridgehead atoms. The van der Waals surface area contributed by atoms with E-state index >= 15 is 0 Å². The second-order valence-corrected chi connectivity index (χ2v) is 5.37. The molecule has 1 aromatic heterocycles. The molecule has 126 valence electrons. The number of carbonyl (C=O) groups excluding carboxylic acids is 1. The fraction of sp³-hybridized carbons (Fsp3) is 0.100. The maximum Gasteiger partial charge on any atom is 0.356 e. The number of ether oxygens (including phenoxy) is 2. The third-order valence-electron chi connectivity index (χ3n) is 3.93. The van der Waals surface area contributed by atoms with Gasteiger partial charge in [-0.05, 0) is 35.4 Å². The van der Waals surface area contributed by atoms with Crippen LogP contribution in [0.25, 0.3) is 28.1 Å². The zero-order chi connectivity index (χ0) is 18.0. The summed E-state index contributed by atoms with van der Waals surface area (Å²) in [6, 6.07) is 11.6. The standard InChI is InChI=1S/C20H16FNO3/c1-4-12-5-7-15-16(14-8-6-13(24-2)10-17(14)21)11-19(20(23)25-3)22-18(15)9-12/h4-11H,1H2,2-3H3. The second kappa shape index (κ2) is 6.73. The van der Waals surface area contributed by atoms with Crippen LogP contribution in [-0.4, -0.2) is 25.2 Å². The molecule has 4 nitrogen and oxygen atoms in total. The summed E-state index contributed by atoms with van der Waals surface area (Å²) in [7, 11) is 2.75. The largest absolute Gasteiger partial charge is 0.497 e. The molecule has 0 N–H and O–H groups in total. The Balaban J connectivity index is 2.32. The van der Waals surface area contributed by atoms with E-state index in [2.05, 4.69) is 11.6 Å². The van der Waals surface area contributed by atoms with Crippen molar-refractivity contribution in [1.29, 1.82) is 0 Å². The van der Waals surface area contributed by atoms with E-state index in [9.17, 15) is 9.18 Å². The summed E-state index contributed by atoms with van der Waals surface area (Å²) in [6.07, 6.45) is 1.68. The van der Waals surface area contributed by atoms with Crippen LogP contribution in [0.2, 0.25) is 0 Å². The van der Waals surface area contributed by atoms with Crippen LogP contribution in [0.1, 0.15) is 16.1 Å². The zero-order valence-electron chi connectivity index (χ0n) is 13.9. The van der Waals surface area contributed by atoms with Crippen LogP contribution in [0.3, 0.4) is 0 Å². The van der Waals surface area contributed by atoms with Crippen LogP contribution in [0, 0.1) is 5.82 Å². The average Bonchev–Trinajstić information content (AvgIpc) is 2.65. The van der Waals surface area contributed by atoms with Crippen molar-refractivity contribution < 1.29 is 18.7 Å². The van der Waals surface area contributed by atoms with Gasteiger partial charge in [-0.25, -0.2) is 14.2 Å². The molecule has 0 amide bonds. The first-order valence-corrected chi connectivity index (χ1v) is 7.57. The van der Waals surface area contributed by atoms with Gasteiger partial charge in [0.25, 0.3) is 0 Å². The Labute approximate surface area is 144 Å². The van der Waals surface area contributed by atoms with E-state index in [1.54, 1.807) is 24.3 Å². The molecule has 3 rings (SSSR count). The third-order valence-corrected chi connectivity index (χ3v) is 3.93. The molecule has 0 saturated heterocycles. The van der Waals surface area contributed by atoms with Crippen molar-refractivity contribution in [3.63, 3.8) is 0 Å². The van der Waals surface area contributed by atoms with Crippen LogP contribution < -0.4 is 4.74 Å². The van der Waals surface area contributed by atoms with Gasteiger partial charge < -0.3 is 9.47 Å². The number of nitrogens with zero attached hydrogens (tertiary/aromatic N) is 1. The minimum absolute atomic E-state index is 0.112. The van der Waals surface area contributed by atoms with Gasteiger partial charge in [0.05, 0.1) is 19.7 Å². The summed E-state index contributed by atoms with van der Waals surface area (Å²) in [5.74, 6) is -0.613. The second-order valence-electron chi connectivity index (χ2n) is 5.37. The first-order valence-electron chi connectivity index (χ1n) is 7.57. The number of aromatic nitrogens is 1. The lowest BCUT2D eigenvalue weighted by atomic mass is 9.98. The molecular weight excluding hydrogens is 321 g/mol. The van der Waals surface area contributed by atoms with E-state index in [0.29, 0.717) is 22.4 Å². The Morgan fingerprint density at radius 3 is 2.56 bits per heavy atom. The first kappa shape index (κ1) is 16.6. The lowest BCUT2D eigenvalue weighted by Crippen LogP contribution is -2.05. The minimum Gasteiger partial charge on any atom is -0.497 e. The molecule has 0 fully saturated rings. The quantitative estimate of drug-likeness (QED) is 0.659. The smallest absolute Gasteiger partial charge is 0.356 e. The van der Waals surface area contributed by atoms with Gasteiger partial charge in [-0.3, -0.25) is 0 Å². The lowest BCUT2D eigenvalue weighted by molar-refractivity contribution is 0.0594. The van der Waals surface area contributed by atoms with Crippen molar-refractivity contribution in [2.75, 3.05) is 14.2 Å². The molecule has 2 aromatic carbocycles. The van der Waals surface area contributed by atoms with Crippen molar-refractivity contribution in [3.8, 4) is 16.9 Å². The maximum atomic E-state index is 14.6. The van der Waals surface area contributed by atoms with Gasteiger partial charge in [-0.2, -0.15) is 0 Å². The van der Waals surface area contributed by atoms with Gasteiger partial charge in [-0.15, -0.1) is 0 Å². The minimum atomic E-state index is -0.582. The predicted molar refractivity (Wildman–Crippen MR) is 95.1 cm³/mol. The normalized spacial score (nSPS) is 10.5. The fourth-order valence-corrected chi connectivity index (χ4v) is 2.65. The van der Waals surface area contributed by atoms with Crippen LogP contribution in [0.4, 0.5) is 4.39 Å². The third kappa shape index (κ3) is 3.08. The highest BCUT2D eigenvalue weighted by Crippen LogP contribution is 2.33. The molecule has 25 heavy (non-hydrogen) atoms. The molecule has 0 unspecified atom stereocenters. The van der Waals surface area contributed by atoms with Crippen LogP contribution in [0.15, 0.2) is 49.0 Å². The zero-order valence-corrected chi connectivity index (χ0v) is 13.9. The molecule has 0 aliphatic rings. The van der Waals surface area contributed by atoms with E-state index in [4.69, 9.17) is 9.47 Å². The van der Waals surface area contributed by atoms with Crippen molar-refractivity contribution >= 4 is 22.9 Å². The Kier molecular flexibility index (Phi) is 4.48. The summed E-state index contributed by atoms with van der Waals surface area (Å²) < 4.78 is 24.4. The Morgan fingerprint density at radius 2 is 1.92 bits per heavy atom. The summed E-state index contributed by atoms with van der Waals surface area (Å²) in [5, 5.41) is 0.724. The van der Waals surface area contributed by atoms with Crippen molar-refractivity contribution in [2.45, 2.75) is 0 Å². The molecule has 0 radical (unpaired) electrons. The van der Waals surface area contributed by atoms with Crippen LogP contribution in [0.5, 0.6) is 5.75 Å². The van der Waals surface area contributed by atoms with Crippen LogP contribution >= 0.6 is 0 Å². The Bertz CT molecular complexity index is 982. The highest BCUT2D eigenvalue weighted by Gasteiger charge is 2.16. The summed E-state index contributed by atoms with van der Waals surface area (Å²) >= 11 is 0. The fourth-order valence-electron chi connectivity index (χ4n) is 2.65. The molecule has 5 heteroatoms. The van der Waals surface area contributed by atoms with Gasteiger partial charge in [0.15, 0.2) is 0 Å². The van der Waals surface area contributed by atoms with Gasteiger partial charge >= 0.3 is 5.97 Å². The summed E-state index contributed by atoms with van der Waals surface area (Å²) in [5.41, 5.74) is 2.43. The van der Waals surface area contributed by atoms with Gasteiger partial charge in [0, 0.05) is 17.0 Å². The summed E-state index contributed by atoms with van der Waals surface area (Å²) in [4.78, 5) is 16.3. The monoisotopic (exact) mass is 337 g/mol. The molecular formula is C20H16FNO3. The number of rotatable bonds is 4. The summed E-state index contributed by atoms with van der Waals surface area (Å²) in [6.45, 7) is 3.73. The van der Waals surface area contributed by atoms with E-state index in [-0.39, 0.29) is 5.69 Å². The number of halogens is 1. The Morgan fingerprint density at radius 1 is 1.12 bits per heavy atom. The molecule has 0 spiro atoms. The molecule has 0 aliphatic carbocycles. The molecule has 0 atom stereocenters. The highest BCUT2D eigenvalue weighted by atomic mass is 19.1. The van der Waals surface area contributed by atoms with E-state index in [1.165, 1.54) is 26.4 Å². The predicted octanol–water partition coefficient (Wildman–Crippen LogP) is 4.48. The number of pyridine rings is 1. The highest BCUT2D eigenvalue weighted by molar-refractivity contribution is 6.00. The molecule has 1 heterocycles. The maximum absolute atomic E-state index is 14.6. The molecule has 3 aromatic rings. The van der Waals surface area contributed by atoms with E-state index < -0.39 is 11.8 Å². The first-order chi connectivity index (χ1) is 12.1. The number of hydrogen-bond acceptors (Lipinski definition) is 4. The number of fused-ring (bicyclic) bond motifs is 1. The number of hydrogen-bond donors (Lipinski definition) is 0. The van der Waals surface area contributed by atoms with Crippen molar-refractivity contribution in [3.05, 3.63) is 66.1 Å². The van der Waals surface area contributed by atoms with Crippen molar-refractivity contribution in [1.82, 2.24) is 4.98 Å². The number of methoxy groups -OCH3 is 2. The molecule has 0 saturated carbocycles. The SMILES string of the molecule is C=Cc1ccc2c(-c3ccc(OC)cc3F)cc(C(=O)OC)nc2c1. The number of esters is 1. The lowest BCUT2D eigenvalue weighted by Gasteiger charge is -2.11. The van der Waals surface area contributed by atoms with E-state index in [1.807, 2.05) is 12.1 Å². The number of carbonyl (C=O) groups is 1. The van der Waals surface area contributed by atoms with E-state index in [0.717, 1.165) is 10.9 Å². The van der Waals surface area contributed by atoms with Crippen molar-refractivity contribution in [2.24, 2.45) is 0 Å². The van der Waals surface area contributed by atoms with Gasteiger partial charge in [-0.1, -0.05) is 24.8 Å². The topological polar surface area (TPSA) is 48.4 Å².